The van der Waals surface area contributed by atoms with E-state index in [0.29, 0.717) is 16.8 Å². The number of phenols is 1. The van der Waals surface area contributed by atoms with Crippen LogP contribution in [0, 0.1) is 12.7 Å². The van der Waals surface area contributed by atoms with E-state index in [9.17, 15) is 37.1 Å². The molecule has 5 aromatic rings. The minimum absolute atomic E-state index is 0.0829. The van der Waals surface area contributed by atoms with Crippen LogP contribution >= 0.6 is 11.3 Å². The van der Waals surface area contributed by atoms with Crippen molar-refractivity contribution < 1.29 is 56.1 Å². The van der Waals surface area contributed by atoms with Gasteiger partial charge in [-0.25, -0.2) is 18.5 Å². The van der Waals surface area contributed by atoms with Gasteiger partial charge in [-0.05, 0) is 68.8 Å². The molecule has 280 valence electrons. The van der Waals surface area contributed by atoms with Gasteiger partial charge in [-0.2, -0.15) is 17.6 Å². The first-order chi connectivity index (χ1) is 25.0. The molecule has 2 heterocycles. The molecule has 4 N–H and O–H groups in total. The fourth-order valence-electron chi connectivity index (χ4n) is 4.90. The molecule has 3 aromatic carbocycles. The Morgan fingerprint density at radius 1 is 0.981 bits per heavy atom. The van der Waals surface area contributed by atoms with Gasteiger partial charge in [0.15, 0.2) is 5.69 Å². The average Bonchev–Trinajstić information content (AvgIpc) is 3.60. The lowest BCUT2D eigenvalue weighted by Crippen LogP contribution is -2.49. The molecule has 2 aromatic heterocycles. The highest BCUT2D eigenvalue weighted by Gasteiger charge is 2.29. The monoisotopic (exact) mass is 757 g/mol. The number of hydrogen-bond acceptors (Lipinski definition) is 8. The molecule has 53 heavy (non-hydrogen) atoms. The summed E-state index contributed by atoms with van der Waals surface area (Å²) in [5.74, 6) is -4.14. The minimum atomic E-state index is -5.19. The van der Waals surface area contributed by atoms with Crippen molar-refractivity contribution in [2.75, 3.05) is 5.32 Å². The second-order valence-electron chi connectivity index (χ2n) is 11.9. The highest BCUT2D eigenvalue weighted by Crippen LogP contribution is 2.19. The number of benzene rings is 3. The lowest BCUT2D eigenvalue weighted by molar-refractivity contribution is -0.506. The number of aromatic nitrogens is 2. The number of halogens is 4. The number of carboxylic acid groups (broad SMARTS) is 1. The number of nitrogens with zero attached hydrogens (tertiary/aromatic N) is 2. The smallest absolute Gasteiger partial charge is 0.430 e. The predicted octanol–water partition coefficient (Wildman–Crippen LogP) is 4.40. The Morgan fingerprint density at radius 2 is 1.62 bits per heavy atom. The van der Waals surface area contributed by atoms with E-state index >= 15 is 0 Å². The number of rotatable bonds is 11. The van der Waals surface area contributed by atoms with E-state index in [0.717, 1.165) is 21.1 Å². The number of nitrogens with one attached hydrogen (secondary N) is 3. The summed E-state index contributed by atoms with van der Waals surface area (Å²) in [6.07, 6.45) is -1.43. The molecule has 0 spiro atoms. The second-order valence-corrected chi connectivity index (χ2v) is 13.1. The zero-order valence-corrected chi connectivity index (χ0v) is 29.4. The molecule has 12 nitrogen and oxygen atoms in total. The third-order valence-electron chi connectivity index (χ3n) is 7.34. The van der Waals surface area contributed by atoms with Gasteiger partial charge < -0.3 is 35.7 Å². The van der Waals surface area contributed by atoms with E-state index in [1.54, 1.807) is 79.8 Å². The number of aromatic hydroxyl groups is 1. The molecule has 0 saturated carbocycles. The van der Waals surface area contributed by atoms with Crippen LogP contribution in [0.3, 0.4) is 0 Å². The summed E-state index contributed by atoms with van der Waals surface area (Å²) < 4.78 is 55.2. The number of urea groups is 1. The molecule has 0 aliphatic carbocycles. The van der Waals surface area contributed by atoms with Gasteiger partial charge >= 0.3 is 23.1 Å². The van der Waals surface area contributed by atoms with E-state index in [4.69, 9.17) is 14.6 Å². The molecule has 5 rings (SSSR count). The quantitative estimate of drug-likeness (QED) is 0.0881. The molecular weight excluding hydrogens is 722 g/mol. The summed E-state index contributed by atoms with van der Waals surface area (Å²) in [6, 6.07) is 17.6. The van der Waals surface area contributed by atoms with Crippen LogP contribution < -0.4 is 25.5 Å². The number of amides is 3. The standard InChI is InChI=1S/C34H34FN5O5S.C2HF3O2/c1-21(2)45-32(43)24-10-12-26(13-11-24)37-33(44)38-30(16-23-8-14-28(41)15-9-23)31(42)36-17-27-20-39-18-22(3)46-34(39)40(27)19-25-6-4-5-7-29(25)35;3-2(4,5)1(6)7/h4-15,18,20-21,30H,16-17,19H2,1-3H3,(H3-,36,37,38,41,42,43,44);(H,6,7)/t30-;/m0./s1. The summed E-state index contributed by atoms with van der Waals surface area (Å²) in [4.78, 5) is 49.5. The summed E-state index contributed by atoms with van der Waals surface area (Å²) in [5.41, 5.74) is 2.76. The number of hydrogen-bond donors (Lipinski definition) is 4. The summed E-state index contributed by atoms with van der Waals surface area (Å²) in [5, 5.41) is 26.9. The number of carboxylic acids is 1. The van der Waals surface area contributed by atoms with Crippen LogP contribution in [0.15, 0.2) is 85.2 Å². The zero-order chi connectivity index (χ0) is 38.9. The Hall–Kier alpha value is -5.97. The van der Waals surface area contributed by atoms with E-state index in [1.807, 2.05) is 28.3 Å². The topological polar surface area (TPSA) is 166 Å². The number of carbonyl (C=O) groups excluding carboxylic acids is 4. The summed E-state index contributed by atoms with van der Waals surface area (Å²) in [6.45, 7) is 5.92. The first-order valence-electron chi connectivity index (χ1n) is 16.0. The van der Waals surface area contributed by atoms with Crippen molar-refractivity contribution in [2.45, 2.75) is 58.6 Å². The van der Waals surface area contributed by atoms with Gasteiger partial charge in [0.05, 0.1) is 18.2 Å². The molecule has 0 aliphatic heterocycles. The Balaban J connectivity index is 0.000000815. The van der Waals surface area contributed by atoms with Crippen molar-refractivity contribution in [1.29, 1.82) is 0 Å². The molecule has 0 aliphatic rings. The molecule has 0 bridgehead atoms. The fourth-order valence-corrected chi connectivity index (χ4v) is 5.85. The Labute approximate surface area is 304 Å². The first-order valence-corrected chi connectivity index (χ1v) is 16.8. The van der Waals surface area contributed by atoms with Gasteiger partial charge in [0.2, 0.25) is 5.91 Å². The van der Waals surface area contributed by atoms with Gasteiger partial charge in [-0.1, -0.05) is 41.7 Å². The number of carbonyl (C=O) groups is 4. The van der Waals surface area contributed by atoms with Crippen molar-refractivity contribution >= 4 is 45.9 Å². The minimum Gasteiger partial charge on any atom is -0.542 e. The van der Waals surface area contributed by atoms with Crippen LogP contribution in [0.2, 0.25) is 0 Å². The van der Waals surface area contributed by atoms with Crippen molar-refractivity contribution in [3.05, 3.63) is 118 Å². The number of fused-ring (bicyclic) bond motifs is 1. The molecule has 0 unspecified atom stereocenters. The molecule has 3 amide bonds. The van der Waals surface area contributed by atoms with Crippen LogP contribution in [0.5, 0.6) is 5.75 Å². The maximum absolute atomic E-state index is 14.6. The maximum Gasteiger partial charge on any atom is 0.430 e. The number of imidazole rings is 1. The Morgan fingerprint density at radius 3 is 2.23 bits per heavy atom. The van der Waals surface area contributed by atoms with Gasteiger partial charge in [-0.15, -0.1) is 0 Å². The Bertz CT molecular complexity index is 2060. The number of phenolic OH excluding ortho intramolecular Hbond substituents is 1. The first kappa shape index (κ1) is 39.8. The number of thiazole rings is 1. The highest BCUT2D eigenvalue weighted by molar-refractivity contribution is 7.16. The van der Waals surface area contributed by atoms with Crippen LogP contribution in [0.4, 0.5) is 28.0 Å². The molecule has 1 atom stereocenters. The van der Waals surface area contributed by atoms with Gasteiger partial charge in [0, 0.05) is 22.5 Å². The van der Waals surface area contributed by atoms with E-state index in [2.05, 4.69) is 16.0 Å². The third-order valence-corrected chi connectivity index (χ3v) is 8.38. The molecule has 17 heteroatoms. The zero-order valence-electron chi connectivity index (χ0n) is 28.6. The number of alkyl halides is 3. The van der Waals surface area contributed by atoms with Gasteiger partial charge in [0.25, 0.3) is 0 Å². The predicted molar refractivity (Wildman–Crippen MR) is 183 cm³/mol. The number of ether oxygens (including phenoxy) is 1. The van der Waals surface area contributed by atoms with Crippen LogP contribution in [0.25, 0.3) is 4.96 Å². The molecular formula is C36H35F4N5O7S. The second kappa shape index (κ2) is 17.5. The lowest BCUT2D eigenvalue weighted by atomic mass is 10.0. The van der Waals surface area contributed by atoms with Crippen molar-refractivity contribution in [2.24, 2.45) is 0 Å². The largest absolute Gasteiger partial charge is 0.542 e. The summed E-state index contributed by atoms with van der Waals surface area (Å²) >= 11 is 1.56. The molecule has 0 radical (unpaired) electrons. The normalized spacial score (nSPS) is 11.7. The van der Waals surface area contributed by atoms with Crippen molar-refractivity contribution in [1.82, 2.24) is 15.2 Å². The van der Waals surface area contributed by atoms with Gasteiger partial charge in [-0.3, -0.25) is 4.79 Å². The van der Waals surface area contributed by atoms with Crippen LogP contribution in [-0.4, -0.2) is 51.9 Å². The number of anilines is 1. The third kappa shape index (κ3) is 11.5. The molecule has 0 fully saturated rings. The SMILES string of the molecule is Cc1c[n+]2cc(CNC(=O)[C@H](Cc3ccc(O)cc3)NC(=O)Nc3ccc(C(=O)OC(C)C)cc3)n(Cc3ccccc3F)c2s1.O=C([O-])C(F)(F)F. The van der Waals surface area contributed by atoms with E-state index < -0.39 is 36.1 Å². The Kier molecular flexibility index (Phi) is 13.1. The van der Waals surface area contributed by atoms with Crippen molar-refractivity contribution in [3.8, 4) is 5.75 Å². The van der Waals surface area contributed by atoms with E-state index in [1.165, 1.54) is 18.2 Å². The summed E-state index contributed by atoms with van der Waals surface area (Å²) in [7, 11) is 0. The molecule has 0 saturated heterocycles. The fraction of sp³-hybridized carbons (Fsp3) is 0.250. The van der Waals surface area contributed by atoms with E-state index in [-0.39, 0.29) is 37.2 Å². The van der Waals surface area contributed by atoms with Gasteiger partial charge in [0.1, 0.15) is 42.5 Å². The lowest BCUT2D eigenvalue weighted by Gasteiger charge is -2.19. The van der Waals surface area contributed by atoms with Crippen LogP contribution in [0.1, 0.15) is 45.9 Å². The van der Waals surface area contributed by atoms with Crippen molar-refractivity contribution in [3.63, 3.8) is 0 Å². The maximum atomic E-state index is 14.6. The van der Waals surface area contributed by atoms with Crippen LogP contribution in [-0.2, 0) is 33.8 Å². The average molecular weight is 758 g/mol. The highest BCUT2D eigenvalue weighted by atomic mass is 32.1. The number of aliphatic carboxylic acids is 1. The number of esters is 1. The number of aryl methyl sites for hydroxylation is 1.